The highest BCUT2D eigenvalue weighted by molar-refractivity contribution is 7.89. The molecular weight excluding hydrogens is 412 g/mol. The highest BCUT2D eigenvalue weighted by Crippen LogP contribution is 2.27. The summed E-state index contributed by atoms with van der Waals surface area (Å²) in [6.07, 6.45) is 3.14. The van der Waals surface area contributed by atoms with Crippen molar-refractivity contribution in [3.8, 4) is 0 Å². The minimum Gasteiger partial charge on any atom is -0.288 e. The smallest absolute Gasteiger partial charge is 0.267 e. The molecule has 0 aliphatic heterocycles. The zero-order chi connectivity index (χ0) is 22.1. The van der Waals surface area contributed by atoms with Crippen molar-refractivity contribution < 1.29 is 18.4 Å². The highest BCUT2D eigenvalue weighted by Gasteiger charge is 2.17. The van der Waals surface area contributed by atoms with Gasteiger partial charge in [0.05, 0.1) is 4.90 Å². The van der Waals surface area contributed by atoms with Crippen LogP contribution < -0.4 is 10.2 Å². The molecule has 1 amide bonds. The minimum absolute atomic E-state index is 0.0661. The van der Waals surface area contributed by atoms with Gasteiger partial charge in [-0.2, -0.15) is 0 Å². The summed E-state index contributed by atoms with van der Waals surface area (Å²) in [4.78, 5) is 11.2. The molecule has 0 aliphatic carbocycles. The Balaban J connectivity index is 1.72. The Kier molecular flexibility index (Phi) is 7.72. The molecular formula is C24H24N2O4S. The number of hydrogen-bond donors (Lipinski definition) is 3. The molecule has 0 spiro atoms. The van der Waals surface area contributed by atoms with Crippen LogP contribution in [0.3, 0.4) is 0 Å². The summed E-state index contributed by atoms with van der Waals surface area (Å²) in [7, 11) is -3.72. The summed E-state index contributed by atoms with van der Waals surface area (Å²) < 4.78 is 28.2. The van der Waals surface area contributed by atoms with Crippen molar-refractivity contribution in [2.45, 2.75) is 17.2 Å². The van der Waals surface area contributed by atoms with Crippen LogP contribution >= 0.6 is 0 Å². The van der Waals surface area contributed by atoms with Crippen LogP contribution in [-0.2, 0) is 14.8 Å². The number of hydroxylamine groups is 1. The first-order valence-electron chi connectivity index (χ1n) is 9.81. The molecule has 6 nitrogen and oxygen atoms in total. The van der Waals surface area contributed by atoms with Gasteiger partial charge in [0, 0.05) is 18.5 Å². The van der Waals surface area contributed by atoms with Crippen LogP contribution in [0, 0.1) is 0 Å². The van der Waals surface area contributed by atoms with E-state index in [1.807, 2.05) is 60.7 Å². The van der Waals surface area contributed by atoms with Crippen LogP contribution in [0.15, 0.2) is 95.9 Å². The molecule has 3 aromatic rings. The Morgan fingerprint density at radius 2 is 1.52 bits per heavy atom. The zero-order valence-corrected chi connectivity index (χ0v) is 17.6. The van der Waals surface area contributed by atoms with Gasteiger partial charge in [-0.3, -0.25) is 10.0 Å². The largest absolute Gasteiger partial charge is 0.288 e. The number of hydrogen-bond acceptors (Lipinski definition) is 4. The third kappa shape index (κ3) is 6.36. The SMILES string of the molecule is O=C(/C=C/c1cccc(S(=O)(=O)NCCC(c2ccccc2)c2ccccc2)c1)NO. The molecule has 0 unspecified atom stereocenters. The van der Waals surface area contributed by atoms with Crippen LogP contribution in [0.1, 0.15) is 29.0 Å². The number of benzene rings is 3. The molecule has 0 aliphatic rings. The molecule has 0 aromatic heterocycles. The normalized spacial score (nSPS) is 11.7. The van der Waals surface area contributed by atoms with Gasteiger partial charge in [-0.1, -0.05) is 72.8 Å². The molecule has 0 saturated carbocycles. The molecule has 7 heteroatoms. The lowest BCUT2D eigenvalue weighted by Crippen LogP contribution is -2.26. The maximum absolute atomic E-state index is 12.8. The Morgan fingerprint density at radius 3 is 2.10 bits per heavy atom. The van der Waals surface area contributed by atoms with Crippen LogP contribution in [-0.4, -0.2) is 26.1 Å². The number of carbonyl (C=O) groups is 1. The summed E-state index contributed by atoms with van der Waals surface area (Å²) in [6.45, 7) is 0.268. The molecule has 31 heavy (non-hydrogen) atoms. The second-order valence-corrected chi connectivity index (χ2v) is 8.71. The number of sulfonamides is 1. The fourth-order valence-corrected chi connectivity index (χ4v) is 4.41. The molecule has 3 rings (SSSR count). The third-order valence-corrected chi connectivity index (χ3v) is 6.29. The number of amides is 1. The van der Waals surface area contributed by atoms with E-state index in [-0.39, 0.29) is 17.4 Å². The monoisotopic (exact) mass is 436 g/mol. The Hall–Kier alpha value is -3.26. The molecule has 0 fully saturated rings. The summed E-state index contributed by atoms with van der Waals surface area (Å²) >= 11 is 0. The van der Waals surface area contributed by atoms with Gasteiger partial charge < -0.3 is 0 Å². The quantitative estimate of drug-likeness (QED) is 0.271. The van der Waals surface area contributed by atoms with Gasteiger partial charge in [0.2, 0.25) is 10.0 Å². The lowest BCUT2D eigenvalue weighted by Gasteiger charge is -2.18. The fraction of sp³-hybridized carbons (Fsp3) is 0.125. The molecule has 0 atom stereocenters. The first kappa shape index (κ1) is 22.4. The van der Waals surface area contributed by atoms with Crippen LogP contribution in [0.4, 0.5) is 0 Å². The van der Waals surface area contributed by atoms with Gasteiger partial charge in [-0.15, -0.1) is 0 Å². The Morgan fingerprint density at radius 1 is 0.903 bits per heavy atom. The van der Waals surface area contributed by atoms with Gasteiger partial charge in [-0.25, -0.2) is 18.6 Å². The molecule has 3 N–H and O–H groups in total. The van der Waals surface area contributed by atoms with Crippen molar-refractivity contribution >= 4 is 22.0 Å². The standard InChI is InChI=1S/C24H24N2O4S/c27-24(26-28)15-14-19-8-7-13-22(18-19)31(29,30)25-17-16-23(20-9-3-1-4-10-20)21-11-5-2-6-12-21/h1-15,18,23,25,28H,16-17H2,(H,26,27)/b15-14+. The second kappa shape index (κ2) is 10.7. The van der Waals surface area contributed by atoms with Crippen LogP contribution in [0.25, 0.3) is 6.08 Å². The first-order chi connectivity index (χ1) is 15.0. The molecule has 0 radical (unpaired) electrons. The summed E-state index contributed by atoms with van der Waals surface area (Å²) in [6, 6.07) is 26.2. The predicted molar refractivity (Wildman–Crippen MR) is 120 cm³/mol. The molecule has 160 valence electrons. The van der Waals surface area contributed by atoms with E-state index < -0.39 is 15.9 Å². The van der Waals surface area contributed by atoms with E-state index in [4.69, 9.17) is 5.21 Å². The lowest BCUT2D eigenvalue weighted by molar-refractivity contribution is -0.124. The van der Waals surface area contributed by atoms with E-state index in [1.54, 1.807) is 12.1 Å². The maximum Gasteiger partial charge on any atom is 0.267 e. The average Bonchev–Trinajstić information content (AvgIpc) is 2.81. The predicted octanol–water partition coefficient (Wildman–Crippen LogP) is 3.71. The number of rotatable bonds is 9. The molecule has 0 heterocycles. The van der Waals surface area contributed by atoms with E-state index in [9.17, 15) is 13.2 Å². The lowest BCUT2D eigenvalue weighted by atomic mass is 9.89. The topological polar surface area (TPSA) is 95.5 Å². The third-order valence-electron chi connectivity index (χ3n) is 4.83. The minimum atomic E-state index is -3.72. The van der Waals surface area contributed by atoms with Crippen molar-refractivity contribution in [2.75, 3.05) is 6.54 Å². The summed E-state index contributed by atoms with van der Waals surface area (Å²) in [5, 5.41) is 8.55. The average molecular weight is 437 g/mol. The van der Waals surface area contributed by atoms with Gasteiger partial charge in [0.15, 0.2) is 0 Å². The maximum atomic E-state index is 12.8. The van der Waals surface area contributed by atoms with E-state index in [2.05, 4.69) is 4.72 Å². The summed E-state index contributed by atoms with van der Waals surface area (Å²) in [5.41, 5.74) is 4.27. The van der Waals surface area contributed by atoms with E-state index in [0.29, 0.717) is 12.0 Å². The van der Waals surface area contributed by atoms with Gasteiger partial charge in [0.1, 0.15) is 0 Å². The van der Waals surface area contributed by atoms with Crippen LogP contribution in [0.5, 0.6) is 0 Å². The molecule has 3 aromatic carbocycles. The van der Waals surface area contributed by atoms with Crippen LogP contribution in [0.2, 0.25) is 0 Å². The van der Waals surface area contributed by atoms with Crippen molar-refractivity contribution in [3.63, 3.8) is 0 Å². The second-order valence-electron chi connectivity index (χ2n) is 6.94. The van der Waals surface area contributed by atoms with E-state index in [1.165, 1.54) is 23.7 Å². The Labute approximate surface area is 182 Å². The van der Waals surface area contributed by atoms with E-state index in [0.717, 1.165) is 17.2 Å². The van der Waals surface area contributed by atoms with Gasteiger partial charge in [-0.05, 0) is 41.3 Å². The van der Waals surface area contributed by atoms with Crippen molar-refractivity contribution in [1.29, 1.82) is 0 Å². The van der Waals surface area contributed by atoms with Crippen molar-refractivity contribution in [3.05, 3.63) is 108 Å². The zero-order valence-electron chi connectivity index (χ0n) is 16.8. The Bertz CT molecular complexity index is 1090. The number of carbonyl (C=O) groups excluding carboxylic acids is 1. The van der Waals surface area contributed by atoms with Crippen molar-refractivity contribution in [1.82, 2.24) is 10.2 Å². The highest BCUT2D eigenvalue weighted by atomic mass is 32.2. The molecule has 0 saturated heterocycles. The van der Waals surface area contributed by atoms with Gasteiger partial charge in [0.25, 0.3) is 5.91 Å². The van der Waals surface area contributed by atoms with Gasteiger partial charge >= 0.3 is 0 Å². The van der Waals surface area contributed by atoms with Crippen molar-refractivity contribution in [2.24, 2.45) is 0 Å². The van der Waals surface area contributed by atoms with E-state index >= 15 is 0 Å². The summed E-state index contributed by atoms with van der Waals surface area (Å²) in [5.74, 6) is -0.629. The first-order valence-corrected chi connectivity index (χ1v) is 11.3. The fourth-order valence-electron chi connectivity index (χ4n) is 3.31. The molecule has 0 bridgehead atoms. The number of nitrogens with one attached hydrogen (secondary N) is 2.